The molecule has 2 aromatic heterocycles. The number of nitrogens with one attached hydrogen (secondary N) is 1. The van der Waals surface area contributed by atoms with Crippen LogP contribution in [-0.4, -0.2) is 53.7 Å². The van der Waals surface area contributed by atoms with Crippen LogP contribution in [0.4, 0.5) is 5.69 Å². The first kappa shape index (κ1) is 20.5. The van der Waals surface area contributed by atoms with Gasteiger partial charge in [0.1, 0.15) is 17.8 Å². The SMILES string of the molecule is COc1ccc(NC(=O)CSc2nncn2-c2ccc(C)cc2)cc1-n1nnnc1C. The normalized spacial score (nSPS) is 10.8. The van der Waals surface area contributed by atoms with Crippen LogP contribution in [0.15, 0.2) is 53.9 Å². The number of amides is 1. The number of carbonyl (C=O) groups excluding carboxylic acids is 1. The van der Waals surface area contributed by atoms with Crippen LogP contribution in [-0.2, 0) is 4.79 Å². The number of nitrogens with zero attached hydrogens (tertiary/aromatic N) is 7. The second-order valence-corrected chi connectivity index (χ2v) is 7.62. The highest BCUT2D eigenvalue weighted by molar-refractivity contribution is 7.99. The molecule has 0 spiro atoms. The summed E-state index contributed by atoms with van der Waals surface area (Å²) < 4.78 is 8.79. The summed E-state index contributed by atoms with van der Waals surface area (Å²) in [6.45, 7) is 3.81. The first-order valence-corrected chi connectivity index (χ1v) is 10.4. The van der Waals surface area contributed by atoms with Crippen molar-refractivity contribution in [3.8, 4) is 17.1 Å². The fraction of sp³-hybridized carbons (Fsp3) is 0.200. The molecule has 0 bridgehead atoms. The number of methoxy groups -OCH3 is 1. The summed E-state index contributed by atoms with van der Waals surface area (Å²) in [4.78, 5) is 12.6. The first-order valence-electron chi connectivity index (χ1n) is 9.38. The zero-order valence-electron chi connectivity index (χ0n) is 17.2. The van der Waals surface area contributed by atoms with E-state index in [-0.39, 0.29) is 11.7 Å². The van der Waals surface area contributed by atoms with Gasteiger partial charge in [0.05, 0.1) is 12.9 Å². The third-order valence-electron chi connectivity index (χ3n) is 4.48. The smallest absolute Gasteiger partial charge is 0.234 e. The molecule has 11 heteroatoms. The van der Waals surface area contributed by atoms with Crippen molar-refractivity contribution in [3.63, 3.8) is 0 Å². The van der Waals surface area contributed by atoms with Gasteiger partial charge in [-0.15, -0.1) is 15.3 Å². The number of anilines is 1. The summed E-state index contributed by atoms with van der Waals surface area (Å²) >= 11 is 1.31. The number of aryl methyl sites for hydroxylation is 2. The maximum absolute atomic E-state index is 12.6. The molecule has 0 radical (unpaired) electrons. The number of hydrogen-bond acceptors (Lipinski definition) is 8. The van der Waals surface area contributed by atoms with Crippen LogP contribution in [0.3, 0.4) is 0 Å². The molecule has 0 aliphatic heterocycles. The summed E-state index contributed by atoms with van der Waals surface area (Å²) in [7, 11) is 1.57. The third kappa shape index (κ3) is 4.56. The van der Waals surface area contributed by atoms with Gasteiger partial charge < -0.3 is 10.1 Å². The lowest BCUT2D eigenvalue weighted by molar-refractivity contribution is -0.113. The number of thioether (sulfide) groups is 1. The quantitative estimate of drug-likeness (QED) is 0.440. The molecule has 0 saturated heterocycles. The lowest BCUT2D eigenvalue weighted by Gasteiger charge is -2.12. The van der Waals surface area contributed by atoms with Crippen LogP contribution >= 0.6 is 11.8 Å². The standard InChI is InChI=1S/C20H20N8O2S/c1-13-4-7-16(8-5-13)27-12-21-24-20(27)31-11-19(29)22-15-6-9-18(30-3)17(10-15)28-14(2)23-25-26-28/h4-10,12H,11H2,1-3H3,(H,22,29). The van der Waals surface area contributed by atoms with E-state index >= 15 is 0 Å². The highest BCUT2D eigenvalue weighted by atomic mass is 32.2. The van der Waals surface area contributed by atoms with E-state index < -0.39 is 0 Å². The predicted octanol–water partition coefficient (Wildman–Crippen LogP) is 2.60. The molecule has 1 amide bonds. The monoisotopic (exact) mass is 436 g/mol. The highest BCUT2D eigenvalue weighted by Crippen LogP contribution is 2.27. The Kier molecular flexibility index (Phi) is 5.94. The van der Waals surface area contributed by atoms with E-state index in [1.165, 1.54) is 17.3 Å². The van der Waals surface area contributed by atoms with Crippen molar-refractivity contribution < 1.29 is 9.53 Å². The van der Waals surface area contributed by atoms with Crippen LogP contribution in [0.5, 0.6) is 5.75 Å². The third-order valence-corrected chi connectivity index (χ3v) is 5.42. The number of aromatic nitrogens is 7. The van der Waals surface area contributed by atoms with Crippen LogP contribution < -0.4 is 10.1 Å². The summed E-state index contributed by atoms with van der Waals surface area (Å²) in [5, 5.41) is 23.2. The van der Waals surface area contributed by atoms with E-state index in [1.54, 1.807) is 43.2 Å². The number of hydrogen-bond donors (Lipinski definition) is 1. The van der Waals surface area contributed by atoms with Crippen LogP contribution in [0, 0.1) is 13.8 Å². The van der Waals surface area contributed by atoms with E-state index in [2.05, 4.69) is 31.0 Å². The second kappa shape index (κ2) is 8.96. The van der Waals surface area contributed by atoms with E-state index in [0.29, 0.717) is 28.1 Å². The van der Waals surface area contributed by atoms with Crippen molar-refractivity contribution in [2.75, 3.05) is 18.2 Å². The Morgan fingerprint density at radius 3 is 2.65 bits per heavy atom. The molecule has 0 aliphatic carbocycles. The number of tetrazole rings is 1. The van der Waals surface area contributed by atoms with Crippen LogP contribution in [0.1, 0.15) is 11.4 Å². The molecule has 10 nitrogen and oxygen atoms in total. The Morgan fingerprint density at radius 2 is 1.94 bits per heavy atom. The van der Waals surface area contributed by atoms with Crippen molar-refractivity contribution in [1.29, 1.82) is 0 Å². The maximum Gasteiger partial charge on any atom is 0.234 e. The average Bonchev–Trinajstić information content (AvgIpc) is 3.41. The largest absolute Gasteiger partial charge is 0.494 e. The minimum atomic E-state index is -0.173. The topological polar surface area (TPSA) is 113 Å². The van der Waals surface area contributed by atoms with Crippen molar-refractivity contribution in [2.45, 2.75) is 19.0 Å². The Morgan fingerprint density at radius 1 is 1.13 bits per heavy atom. The van der Waals surface area contributed by atoms with E-state index in [9.17, 15) is 4.79 Å². The van der Waals surface area contributed by atoms with Gasteiger partial charge in [0, 0.05) is 11.4 Å². The van der Waals surface area contributed by atoms with Gasteiger partial charge in [-0.2, -0.15) is 4.68 Å². The average molecular weight is 437 g/mol. The molecule has 0 fully saturated rings. The Bertz CT molecular complexity index is 1200. The molecule has 0 atom stereocenters. The number of rotatable bonds is 7. The Hall–Kier alpha value is -3.73. The zero-order chi connectivity index (χ0) is 21.8. The van der Waals surface area contributed by atoms with Gasteiger partial charge in [-0.25, -0.2) is 0 Å². The molecule has 31 heavy (non-hydrogen) atoms. The first-order chi connectivity index (χ1) is 15.0. The Labute approximate surface area is 182 Å². The summed E-state index contributed by atoms with van der Waals surface area (Å²) in [6, 6.07) is 13.3. The van der Waals surface area contributed by atoms with E-state index in [0.717, 1.165) is 5.69 Å². The van der Waals surface area contributed by atoms with Gasteiger partial charge in [-0.1, -0.05) is 29.5 Å². The molecular weight excluding hydrogens is 416 g/mol. The molecule has 4 rings (SSSR count). The van der Waals surface area contributed by atoms with Crippen molar-refractivity contribution in [1.82, 2.24) is 35.0 Å². The van der Waals surface area contributed by atoms with Gasteiger partial charge in [0.25, 0.3) is 0 Å². The van der Waals surface area contributed by atoms with Crippen molar-refractivity contribution in [2.24, 2.45) is 0 Å². The van der Waals surface area contributed by atoms with Gasteiger partial charge in [-0.3, -0.25) is 9.36 Å². The van der Waals surface area contributed by atoms with Gasteiger partial charge >= 0.3 is 0 Å². The van der Waals surface area contributed by atoms with E-state index in [4.69, 9.17) is 4.74 Å². The number of carbonyl (C=O) groups is 1. The second-order valence-electron chi connectivity index (χ2n) is 6.68. The van der Waals surface area contributed by atoms with Crippen LogP contribution in [0.2, 0.25) is 0 Å². The molecule has 0 aliphatic rings. The van der Waals surface area contributed by atoms with Crippen LogP contribution in [0.25, 0.3) is 11.4 Å². The van der Waals surface area contributed by atoms with Crippen molar-refractivity contribution >= 4 is 23.4 Å². The number of benzene rings is 2. The minimum absolute atomic E-state index is 0.173. The maximum atomic E-state index is 12.6. The molecule has 158 valence electrons. The predicted molar refractivity (Wildman–Crippen MR) is 116 cm³/mol. The van der Waals surface area contributed by atoms with E-state index in [1.807, 2.05) is 35.8 Å². The molecule has 4 aromatic rings. The fourth-order valence-electron chi connectivity index (χ4n) is 2.92. The molecule has 2 heterocycles. The molecular formula is C20H20N8O2S. The number of ether oxygens (including phenoxy) is 1. The summed E-state index contributed by atoms with van der Waals surface area (Å²) in [5.74, 6) is 1.20. The van der Waals surface area contributed by atoms with Gasteiger partial charge in [0.2, 0.25) is 5.91 Å². The summed E-state index contributed by atoms with van der Waals surface area (Å²) in [6.07, 6.45) is 1.63. The lowest BCUT2D eigenvalue weighted by atomic mass is 10.2. The highest BCUT2D eigenvalue weighted by Gasteiger charge is 2.14. The van der Waals surface area contributed by atoms with Gasteiger partial charge in [0.15, 0.2) is 11.0 Å². The minimum Gasteiger partial charge on any atom is -0.494 e. The zero-order valence-corrected chi connectivity index (χ0v) is 18.0. The lowest BCUT2D eigenvalue weighted by Crippen LogP contribution is -2.15. The fourth-order valence-corrected chi connectivity index (χ4v) is 3.65. The van der Waals surface area contributed by atoms with Gasteiger partial charge in [-0.05, 0) is 54.6 Å². The molecule has 0 unspecified atom stereocenters. The van der Waals surface area contributed by atoms with Crippen molar-refractivity contribution in [3.05, 3.63) is 60.2 Å². The molecule has 1 N–H and O–H groups in total. The molecule has 0 saturated carbocycles. The molecule has 2 aromatic carbocycles. The Balaban J connectivity index is 1.45. The summed E-state index contributed by atoms with van der Waals surface area (Å²) in [5.41, 5.74) is 3.35.